The van der Waals surface area contributed by atoms with Gasteiger partial charge in [-0.2, -0.15) is 5.26 Å². The number of nitriles is 1. The molecule has 1 aliphatic heterocycles. The number of carbonyl (C=O) groups excluding carboxylic acids is 1. The number of nitrogens with zero attached hydrogens (tertiary/aromatic N) is 2. The minimum Gasteiger partial charge on any atom is -0.405 e. The van der Waals surface area contributed by atoms with Crippen LogP contribution in [0.4, 0.5) is 0 Å². The summed E-state index contributed by atoms with van der Waals surface area (Å²) in [5.74, 6) is -0.170. The first-order chi connectivity index (χ1) is 16.3. The molecule has 2 aromatic rings. The van der Waals surface area contributed by atoms with Crippen LogP contribution in [0.5, 0.6) is 0 Å². The highest BCUT2D eigenvalue weighted by atomic mass is 28.4. The van der Waals surface area contributed by atoms with Crippen molar-refractivity contribution < 1.29 is 14.3 Å². The maximum atomic E-state index is 13.3. The van der Waals surface area contributed by atoms with Crippen LogP contribution < -0.4 is 10.4 Å². The molecule has 1 saturated carbocycles. The van der Waals surface area contributed by atoms with Crippen LogP contribution in [0.2, 0.25) is 5.04 Å². The summed E-state index contributed by atoms with van der Waals surface area (Å²) in [5.41, 5.74) is 0. The third-order valence-corrected chi connectivity index (χ3v) is 12.7. The van der Waals surface area contributed by atoms with E-state index in [1.165, 1.54) is 0 Å². The first kappa shape index (κ1) is 24.7. The molecule has 5 nitrogen and oxygen atoms in total. The summed E-state index contributed by atoms with van der Waals surface area (Å²) in [7, 11) is -2.80. The van der Waals surface area contributed by atoms with Gasteiger partial charge >= 0.3 is 0 Å². The number of aliphatic hydroxyl groups is 1. The van der Waals surface area contributed by atoms with Gasteiger partial charge in [0.2, 0.25) is 5.91 Å². The van der Waals surface area contributed by atoms with Crippen LogP contribution in [-0.2, 0) is 9.22 Å². The third-order valence-electron chi connectivity index (χ3n) is 7.69. The highest BCUT2D eigenvalue weighted by Crippen LogP contribution is 2.42. The standard InChI is InChI=1S/C28H36N2O3Si/c1-28(2,3)34(22-12-6-4-7-13-22,23-14-8-5-9-15-23)33-20-21(18-19-29)30-26(31)24-16-10-11-17-25(24)27(30)32/h4-9,12-15,21,24-26,31H,10-11,16-18,20H2,1-3H3/t21-,24+,25-,26+/m1/s1. The monoisotopic (exact) mass is 476 g/mol. The van der Waals surface area contributed by atoms with Crippen molar-refractivity contribution in [3.05, 3.63) is 60.7 Å². The van der Waals surface area contributed by atoms with E-state index in [9.17, 15) is 15.2 Å². The van der Waals surface area contributed by atoms with Crippen molar-refractivity contribution in [3.8, 4) is 6.07 Å². The van der Waals surface area contributed by atoms with E-state index >= 15 is 0 Å². The average Bonchev–Trinajstić information content (AvgIpc) is 3.09. The number of fused-ring (bicyclic) bond motifs is 1. The van der Waals surface area contributed by atoms with Gasteiger partial charge < -0.3 is 14.4 Å². The molecule has 6 heteroatoms. The number of hydrogen-bond donors (Lipinski definition) is 1. The first-order valence-corrected chi connectivity index (χ1v) is 14.3. The Morgan fingerprint density at radius 3 is 2.12 bits per heavy atom. The molecule has 1 amide bonds. The van der Waals surface area contributed by atoms with Crippen molar-refractivity contribution in [2.75, 3.05) is 6.61 Å². The van der Waals surface area contributed by atoms with Crippen molar-refractivity contribution >= 4 is 24.6 Å². The smallest absolute Gasteiger partial charge is 0.261 e. The second-order valence-corrected chi connectivity index (χ2v) is 15.0. The molecule has 0 bridgehead atoms. The van der Waals surface area contributed by atoms with E-state index in [1.807, 2.05) is 36.4 Å². The molecule has 2 fully saturated rings. The summed E-state index contributed by atoms with van der Waals surface area (Å²) in [6.45, 7) is 6.86. The number of likely N-dealkylation sites (tertiary alicyclic amines) is 1. The van der Waals surface area contributed by atoms with Gasteiger partial charge in [0, 0.05) is 11.8 Å². The molecule has 2 aromatic carbocycles. The number of carbonyl (C=O) groups is 1. The molecule has 0 radical (unpaired) electrons. The van der Waals surface area contributed by atoms with Gasteiger partial charge in [0.05, 0.1) is 25.1 Å². The Balaban J connectivity index is 1.71. The fourth-order valence-electron chi connectivity index (χ4n) is 6.07. The van der Waals surface area contributed by atoms with Gasteiger partial charge in [-0.05, 0) is 28.3 Å². The second-order valence-electron chi connectivity index (χ2n) is 10.7. The summed E-state index contributed by atoms with van der Waals surface area (Å²) in [6, 6.07) is 22.5. The molecule has 0 spiro atoms. The van der Waals surface area contributed by atoms with Crippen LogP contribution >= 0.6 is 0 Å². The lowest BCUT2D eigenvalue weighted by Crippen LogP contribution is -2.67. The number of hydrogen-bond acceptors (Lipinski definition) is 4. The Morgan fingerprint density at radius 1 is 1.06 bits per heavy atom. The van der Waals surface area contributed by atoms with Gasteiger partial charge in [0.15, 0.2) is 0 Å². The van der Waals surface area contributed by atoms with E-state index < -0.39 is 20.6 Å². The molecule has 1 heterocycles. The molecule has 0 unspecified atom stereocenters. The molecule has 180 valence electrons. The number of benzene rings is 2. The molecule has 1 aliphatic carbocycles. The number of rotatable bonds is 7. The molecule has 4 rings (SSSR count). The fourth-order valence-corrected chi connectivity index (χ4v) is 10.7. The van der Waals surface area contributed by atoms with Gasteiger partial charge in [0.1, 0.15) is 6.23 Å². The number of aliphatic hydroxyl groups excluding tert-OH is 1. The summed E-state index contributed by atoms with van der Waals surface area (Å²) in [4.78, 5) is 14.9. The molecular formula is C28H36N2O3Si. The normalized spacial score (nSPS) is 23.9. The summed E-state index contributed by atoms with van der Waals surface area (Å²) in [6.07, 6.45) is 3.06. The van der Waals surface area contributed by atoms with E-state index in [0.29, 0.717) is 0 Å². The molecule has 2 aliphatic rings. The maximum Gasteiger partial charge on any atom is 0.261 e. The Bertz CT molecular complexity index is 976. The minimum absolute atomic E-state index is 0.0107. The average molecular weight is 477 g/mol. The van der Waals surface area contributed by atoms with Crippen molar-refractivity contribution in [2.24, 2.45) is 11.8 Å². The van der Waals surface area contributed by atoms with Gasteiger partial charge in [-0.3, -0.25) is 4.79 Å². The lowest BCUT2D eigenvalue weighted by atomic mass is 9.81. The van der Waals surface area contributed by atoms with E-state index in [4.69, 9.17) is 4.43 Å². The highest BCUT2D eigenvalue weighted by molar-refractivity contribution is 6.99. The SMILES string of the molecule is CC(C)(C)[Si](OC[C@@H](CC#N)N1C(=O)[C@@H]2CCCC[C@@H]2[C@@H]1O)(c1ccccc1)c1ccccc1. The first-order valence-electron chi connectivity index (χ1n) is 12.4. The van der Waals surface area contributed by atoms with Crippen molar-refractivity contribution in [3.63, 3.8) is 0 Å². The zero-order valence-electron chi connectivity index (χ0n) is 20.5. The maximum absolute atomic E-state index is 13.3. The zero-order chi connectivity index (χ0) is 24.3. The minimum atomic E-state index is -2.80. The van der Waals surface area contributed by atoms with E-state index in [1.54, 1.807) is 4.90 Å². The third kappa shape index (κ3) is 4.33. The van der Waals surface area contributed by atoms with Gasteiger partial charge in [-0.1, -0.05) is 94.3 Å². The van der Waals surface area contributed by atoms with E-state index in [-0.39, 0.29) is 35.8 Å². The van der Waals surface area contributed by atoms with Crippen LogP contribution in [0.3, 0.4) is 0 Å². The lowest BCUT2D eigenvalue weighted by Gasteiger charge is -2.44. The highest BCUT2D eigenvalue weighted by Gasteiger charge is 2.53. The zero-order valence-corrected chi connectivity index (χ0v) is 21.5. The Kier molecular flexibility index (Phi) is 7.27. The van der Waals surface area contributed by atoms with Crippen molar-refractivity contribution in [2.45, 2.75) is 70.2 Å². The van der Waals surface area contributed by atoms with Crippen LogP contribution in [0.15, 0.2) is 60.7 Å². The van der Waals surface area contributed by atoms with Crippen molar-refractivity contribution in [1.82, 2.24) is 4.90 Å². The van der Waals surface area contributed by atoms with Crippen LogP contribution in [-0.4, -0.2) is 43.1 Å². The molecule has 34 heavy (non-hydrogen) atoms. The molecule has 4 atom stereocenters. The topological polar surface area (TPSA) is 73.6 Å². The molecular weight excluding hydrogens is 440 g/mol. The van der Waals surface area contributed by atoms with Gasteiger partial charge in [-0.25, -0.2) is 0 Å². The van der Waals surface area contributed by atoms with Crippen LogP contribution in [0.25, 0.3) is 0 Å². The molecule has 1 N–H and O–H groups in total. The van der Waals surface area contributed by atoms with Gasteiger partial charge in [0.25, 0.3) is 8.32 Å². The largest absolute Gasteiger partial charge is 0.405 e. The molecule has 1 saturated heterocycles. The fraction of sp³-hybridized carbons (Fsp3) is 0.500. The number of amides is 1. The Morgan fingerprint density at radius 2 is 1.62 bits per heavy atom. The molecule has 0 aromatic heterocycles. The summed E-state index contributed by atoms with van der Waals surface area (Å²) >= 11 is 0. The van der Waals surface area contributed by atoms with E-state index in [2.05, 4.69) is 51.1 Å². The van der Waals surface area contributed by atoms with E-state index in [0.717, 1.165) is 36.1 Å². The van der Waals surface area contributed by atoms with Crippen LogP contribution in [0.1, 0.15) is 52.9 Å². The van der Waals surface area contributed by atoms with Crippen molar-refractivity contribution in [1.29, 1.82) is 5.26 Å². The predicted octanol–water partition coefficient (Wildman–Crippen LogP) is 3.81. The second kappa shape index (κ2) is 10.0. The predicted molar refractivity (Wildman–Crippen MR) is 136 cm³/mol. The Labute approximate surface area is 204 Å². The quantitative estimate of drug-likeness (QED) is 0.617. The Hall–Kier alpha value is -2.46. The summed E-state index contributed by atoms with van der Waals surface area (Å²) < 4.78 is 7.03. The summed E-state index contributed by atoms with van der Waals surface area (Å²) in [5, 5.41) is 22.9. The van der Waals surface area contributed by atoms with Crippen LogP contribution in [0, 0.1) is 23.2 Å². The lowest BCUT2D eigenvalue weighted by molar-refractivity contribution is -0.140. The van der Waals surface area contributed by atoms with Gasteiger partial charge in [-0.15, -0.1) is 0 Å².